The van der Waals surface area contributed by atoms with Crippen molar-refractivity contribution in [3.05, 3.63) is 29.3 Å². The smallest absolute Gasteiger partial charge is 0.191 e. The van der Waals surface area contributed by atoms with E-state index in [-0.39, 0.29) is 24.0 Å². The number of rotatable bonds is 6. The number of aryl methyl sites for hydroxylation is 1. The molecule has 2 N–H and O–H groups in total. The third kappa shape index (κ3) is 7.95. The third-order valence-electron chi connectivity index (χ3n) is 5.01. The molecule has 6 nitrogen and oxygen atoms in total. The molecule has 1 heterocycles. The average molecular weight is 508 g/mol. The number of nitrogens with one attached hydrogen (secondary N) is 2. The van der Waals surface area contributed by atoms with Crippen LogP contribution >= 0.6 is 24.0 Å². The minimum Gasteiger partial charge on any atom is -0.356 e. The van der Waals surface area contributed by atoms with E-state index in [9.17, 15) is 8.42 Å². The van der Waals surface area contributed by atoms with E-state index in [0.717, 1.165) is 36.0 Å². The molecule has 154 valence electrons. The highest BCUT2D eigenvalue weighted by atomic mass is 127. The van der Waals surface area contributed by atoms with Gasteiger partial charge in [-0.2, -0.15) is 0 Å². The summed E-state index contributed by atoms with van der Waals surface area (Å²) in [4.78, 5) is 7.05. The second kappa shape index (κ2) is 11.2. The maximum absolute atomic E-state index is 11.7. The van der Waals surface area contributed by atoms with E-state index in [1.807, 2.05) is 19.1 Å². The largest absolute Gasteiger partial charge is 0.356 e. The average Bonchev–Trinajstić information content (AvgIpc) is 2.58. The lowest BCUT2D eigenvalue weighted by molar-refractivity contribution is 0.213. The highest BCUT2D eigenvalue weighted by Crippen LogP contribution is 2.19. The van der Waals surface area contributed by atoms with Crippen molar-refractivity contribution in [3.8, 4) is 0 Å². The highest BCUT2D eigenvalue weighted by molar-refractivity contribution is 14.0. The van der Waals surface area contributed by atoms with E-state index in [2.05, 4.69) is 27.6 Å². The Bertz CT molecular complexity index is 729. The maximum atomic E-state index is 11.7. The van der Waals surface area contributed by atoms with Gasteiger partial charge in [-0.3, -0.25) is 4.99 Å². The van der Waals surface area contributed by atoms with Crippen molar-refractivity contribution >= 4 is 39.8 Å². The summed E-state index contributed by atoms with van der Waals surface area (Å²) in [5, 5.41) is 6.67. The number of hydrogen-bond donors (Lipinski definition) is 2. The molecular formula is C19H33IN4O2S. The van der Waals surface area contributed by atoms with Crippen LogP contribution in [0.3, 0.4) is 0 Å². The fourth-order valence-corrected chi connectivity index (χ4v) is 4.35. The van der Waals surface area contributed by atoms with Crippen molar-refractivity contribution < 1.29 is 8.42 Å². The fraction of sp³-hybridized carbons (Fsp3) is 0.632. The van der Waals surface area contributed by atoms with Crippen LogP contribution < -0.4 is 10.6 Å². The zero-order valence-corrected chi connectivity index (χ0v) is 19.9. The van der Waals surface area contributed by atoms with E-state index in [1.54, 1.807) is 13.1 Å². The first-order valence-corrected chi connectivity index (χ1v) is 11.1. The Kier molecular flexibility index (Phi) is 10.0. The minimum atomic E-state index is -3.17. The number of sulfone groups is 1. The number of benzene rings is 1. The Labute approximate surface area is 181 Å². The van der Waals surface area contributed by atoms with Crippen LogP contribution in [-0.2, 0) is 16.4 Å². The molecule has 0 saturated carbocycles. The van der Waals surface area contributed by atoms with Gasteiger partial charge in [0.15, 0.2) is 15.8 Å². The quantitative estimate of drug-likeness (QED) is 0.351. The lowest BCUT2D eigenvalue weighted by Gasteiger charge is -2.29. The number of halogens is 1. The van der Waals surface area contributed by atoms with E-state index < -0.39 is 9.84 Å². The molecule has 1 fully saturated rings. The SMILES string of the molecule is CN=C(NCCC1CCN(C)CC1)NCc1ccc(S(C)(=O)=O)c(C)c1.I. The van der Waals surface area contributed by atoms with E-state index in [1.165, 1.54) is 32.2 Å². The Morgan fingerprint density at radius 1 is 1.26 bits per heavy atom. The Morgan fingerprint density at radius 3 is 2.48 bits per heavy atom. The standard InChI is InChI=1S/C19H32N4O2S.HI/c1-15-13-17(5-6-18(15)26(4,24)25)14-22-19(20-2)21-10-7-16-8-11-23(3)12-9-16;/h5-6,13,16H,7-12,14H2,1-4H3,(H2,20,21,22);1H. The Morgan fingerprint density at radius 2 is 1.93 bits per heavy atom. The van der Waals surface area contributed by atoms with Crippen LogP contribution in [0.4, 0.5) is 0 Å². The second-order valence-corrected chi connectivity index (χ2v) is 9.24. The van der Waals surface area contributed by atoms with Crippen LogP contribution in [0, 0.1) is 12.8 Å². The molecule has 1 saturated heterocycles. The third-order valence-corrected chi connectivity index (χ3v) is 6.26. The van der Waals surface area contributed by atoms with E-state index >= 15 is 0 Å². The van der Waals surface area contributed by atoms with Crippen molar-refractivity contribution in [2.24, 2.45) is 10.9 Å². The van der Waals surface area contributed by atoms with Crippen LogP contribution in [0.1, 0.15) is 30.4 Å². The summed E-state index contributed by atoms with van der Waals surface area (Å²) in [6.45, 7) is 5.74. The van der Waals surface area contributed by atoms with Crippen LogP contribution in [0.15, 0.2) is 28.1 Å². The molecule has 0 radical (unpaired) electrons. The lowest BCUT2D eigenvalue weighted by atomic mass is 9.94. The van der Waals surface area contributed by atoms with Gasteiger partial charge < -0.3 is 15.5 Å². The summed E-state index contributed by atoms with van der Waals surface area (Å²) in [7, 11) is 0.780. The van der Waals surface area contributed by atoms with Gasteiger partial charge in [-0.05, 0) is 69.4 Å². The zero-order chi connectivity index (χ0) is 19.2. The van der Waals surface area contributed by atoms with Gasteiger partial charge in [-0.25, -0.2) is 8.42 Å². The van der Waals surface area contributed by atoms with Crippen LogP contribution in [0.5, 0.6) is 0 Å². The molecule has 1 aromatic rings. The molecule has 2 rings (SSSR count). The van der Waals surface area contributed by atoms with E-state index in [4.69, 9.17) is 0 Å². The summed E-state index contributed by atoms with van der Waals surface area (Å²) >= 11 is 0. The summed E-state index contributed by atoms with van der Waals surface area (Å²) in [6.07, 6.45) is 4.95. The maximum Gasteiger partial charge on any atom is 0.191 e. The van der Waals surface area contributed by atoms with Gasteiger partial charge in [0, 0.05) is 26.4 Å². The van der Waals surface area contributed by atoms with Gasteiger partial charge in [-0.15, -0.1) is 24.0 Å². The Balaban J connectivity index is 0.00000364. The number of aliphatic imine (C=N–C) groups is 1. The fourth-order valence-electron chi connectivity index (χ4n) is 3.39. The molecule has 0 amide bonds. The molecule has 0 spiro atoms. The predicted molar refractivity (Wildman–Crippen MR) is 123 cm³/mol. The van der Waals surface area contributed by atoms with Crippen LogP contribution in [-0.4, -0.2) is 59.3 Å². The molecule has 0 atom stereocenters. The number of nitrogens with zero attached hydrogens (tertiary/aromatic N) is 2. The summed E-state index contributed by atoms with van der Waals surface area (Å²) in [5.74, 6) is 1.57. The highest BCUT2D eigenvalue weighted by Gasteiger charge is 2.16. The van der Waals surface area contributed by atoms with Gasteiger partial charge in [0.1, 0.15) is 0 Å². The predicted octanol–water partition coefficient (Wildman–Crippen LogP) is 2.41. The van der Waals surface area contributed by atoms with Crippen LogP contribution in [0.2, 0.25) is 0 Å². The molecule has 0 aliphatic carbocycles. The van der Waals surface area contributed by atoms with Gasteiger partial charge in [0.05, 0.1) is 4.90 Å². The molecule has 8 heteroatoms. The summed E-state index contributed by atoms with van der Waals surface area (Å²) < 4.78 is 23.4. The molecule has 1 aliphatic rings. The zero-order valence-electron chi connectivity index (χ0n) is 16.8. The van der Waals surface area contributed by atoms with Crippen molar-refractivity contribution in [1.29, 1.82) is 0 Å². The van der Waals surface area contributed by atoms with Crippen molar-refractivity contribution in [3.63, 3.8) is 0 Å². The van der Waals surface area contributed by atoms with Crippen molar-refractivity contribution in [2.45, 2.75) is 37.6 Å². The molecule has 27 heavy (non-hydrogen) atoms. The van der Waals surface area contributed by atoms with Gasteiger partial charge in [0.25, 0.3) is 0 Å². The molecule has 0 bridgehead atoms. The summed E-state index contributed by atoms with van der Waals surface area (Å²) in [5.41, 5.74) is 1.81. The first kappa shape index (κ1) is 24.2. The molecule has 0 unspecified atom stereocenters. The van der Waals surface area contributed by atoms with Gasteiger partial charge in [-0.1, -0.05) is 12.1 Å². The number of likely N-dealkylation sites (tertiary alicyclic amines) is 1. The Hall–Kier alpha value is -0.870. The molecular weight excluding hydrogens is 475 g/mol. The van der Waals surface area contributed by atoms with Crippen molar-refractivity contribution in [1.82, 2.24) is 15.5 Å². The number of guanidine groups is 1. The summed E-state index contributed by atoms with van der Waals surface area (Å²) in [6, 6.07) is 5.44. The second-order valence-electron chi connectivity index (χ2n) is 7.26. The monoisotopic (exact) mass is 508 g/mol. The van der Waals surface area contributed by atoms with Crippen LogP contribution in [0.25, 0.3) is 0 Å². The first-order chi connectivity index (χ1) is 12.3. The first-order valence-electron chi connectivity index (χ1n) is 9.22. The van der Waals surface area contributed by atoms with E-state index in [0.29, 0.717) is 11.4 Å². The van der Waals surface area contributed by atoms with Crippen molar-refractivity contribution in [2.75, 3.05) is 40.0 Å². The van der Waals surface area contributed by atoms with Gasteiger partial charge >= 0.3 is 0 Å². The lowest BCUT2D eigenvalue weighted by Crippen LogP contribution is -2.38. The topological polar surface area (TPSA) is 73.8 Å². The minimum absolute atomic E-state index is 0. The normalized spacial score (nSPS) is 16.7. The number of hydrogen-bond acceptors (Lipinski definition) is 4. The number of piperidine rings is 1. The molecule has 1 aliphatic heterocycles. The molecule has 1 aromatic carbocycles. The molecule has 0 aromatic heterocycles. The van der Waals surface area contributed by atoms with Gasteiger partial charge in [0.2, 0.25) is 0 Å².